The molecule has 0 heterocycles. The van der Waals surface area contributed by atoms with E-state index in [0.717, 1.165) is 5.88 Å². The molecule has 0 saturated heterocycles. The van der Waals surface area contributed by atoms with Crippen LogP contribution in [0.2, 0.25) is 0 Å². The van der Waals surface area contributed by atoms with Crippen LogP contribution >= 0.6 is 11.6 Å². The SMILES string of the molecule is C.CCCCCCCCCCCCCCCCCl. The van der Waals surface area contributed by atoms with Crippen molar-refractivity contribution in [1.29, 1.82) is 0 Å². The van der Waals surface area contributed by atoms with Gasteiger partial charge in [0.1, 0.15) is 0 Å². The van der Waals surface area contributed by atoms with Crippen LogP contribution in [0.25, 0.3) is 0 Å². The van der Waals surface area contributed by atoms with Crippen LogP contribution < -0.4 is 0 Å². The Balaban J connectivity index is 0. The summed E-state index contributed by atoms with van der Waals surface area (Å²) in [5.41, 5.74) is 0. The highest BCUT2D eigenvalue weighted by Gasteiger charge is 1.93. The number of rotatable bonds is 14. The Hall–Kier alpha value is 0.290. The van der Waals surface area contributed by atoms with Gasteiger partial charge in [-0.05, 0) is 6.42 Å². The highest BCUT2D eigenvalue weighted by Crippen LogP contribution is 2.12. The van der Waals surface area contributed by atoms with Gasteiger partial charge in [-0.3, -0.25) is 0 Å². The second-order valence-electron chi connectivity index (χ2n) is 5.29. The molecular weight excluding hydrogens is 240 g/mol. The Labute approximate surface area is 122 Å². The maximum absolute atomic E-state index is 5.64. The molecule has 0 nitrogen and oxygen atoms in total. The van der Waals surface area contributed by atoms with Crippen molar-refractivity contribution >= 4 is 11.6 Å². The van der Waals surface area contributed by atoms with E-state index in [0.29, 0.717) is 0 Å². The number of unbranched alkanes of at least 4 members (excludes halogenated alkanes) is 13. The molecular formula is C17H37Cl. The lowest BCUT2D eigenvalue weighted by atomic mass is 10.0. The Morgan fingerprint density at radius 3 is 1.06 bits per heavy atom. The van der Waals surface area contributed by atoms with Crippen LogP contribution in [0.3, 0.4) is 0 Å². The fourth-order valence-corrected chi connectivity index (χ4v) is 2.48. The fraction of sp³-hybridized carbons (Fsp3) is 1.00. The maximum Gasteiger partial charge on any atom is 0.0223 e. The Bertz CT molecular complexity index is 109. The van der Waals surface area contributed by atoms with Crippen molar-refractivity contribution in [3.63, 3.8) is 0 Å². The summed E-state index contributed by atoms with van der Waals surface area (Å²) in [7, 11) is 0. The van der Waals surface area contributed by atoms with Gasteiger partial charge in [0, 0.05) is 5.88 Å². The second kappa shape index (κ2) is 19.6. The third kappa shape index (κ3) is 18.6. The summed E-state index contributed by atoms with van der Waals surface area (Å²) in [5, 5.41) is 0. The van der Waals surface area contributed by atoms with E-state index in [4.69, 9.17) is 11.6 Å². The van der Waals surface area contributed by atoms with Crippen molar-refractivity contribution < 1.29 is 0 Å². The van der Waals surface area contributed by atoms with Gasteiger partial charge >= 0.3 is 0 Å². The van der Waals surface area contributed by atoms with E-state index in [1.54, 1.807) is 0 Å². The van der Waals surface area contributed by atoms with Crippen LogP contribution in [0.5, 0.6) is 0 Å². The van der Waals surface area contributed by atoms with Crippen molar-refractivity contribution in [2.24, 2.45) is 0 Å². The smallest absolute Gasteiger partial charge is 0.0223 e. The predicted octanol–water partition coefficient (Wildman–Crippen LogP) is 7.34. The highest BCUT2D eigenvalue weighted by molar-refractivity contribution is 6.17. The van der Waals surface area contributed by atoms with E-state index in [9.17, 15) is 0 Å². The molecule has 0 saturated carbocycles. The molecule has 0 atom stereocenters. The molecule has 0 unspecified atom stereocenters. The van der Waals surface area contributed by atoms with Crippen molar-refractivity contribution in [2.75, 3.05) is 5.88 Å². The minimum Gasteiger partial charge on any atom is -0.127 e. The topological polar surface area (TPSA) is 0 Å². The molecule has 0 spiro atoms. The zero-order valence-corrected chi connectivity index (χ0v) is 12.7. The molecule has 18 heavy (non-hydrogen) atoms. The van der Waals surface area contributed by atoms with E-state index >= 15 is 0 Å². The molecule has 0 bridgehead atoms. The Morgan fingerprint density at radius 1 is 0.500 bits per heavy atom. The summed E-state index contributed by atoms with van der Waals surface area (Å²) in [5.74, 6) is 0.845. The number of hydrogen-bond acceptors (Lipinski definition) is 0. The molecule has 0 aliphatic rings. The van der Waals surface area contributed by atoms with Crippen LogP contribution in [0.4, 0.5) is 0 Å². The quantitative estimate of drug-likeness (QED) is 0.230. The lowest BCUT2D eigenvalue weighted by Gasteiger charge is -2.02. The molecule has 0 aliphatic heterocycles. The normalized spacial score (nSPS) is 10.3. The van der Waals surface area contributed by atoms with Crippen LogP contribution in [0, 0.1) is 0 Å². The molecule has 0 amide bonds. The van der Waals surface area contributed by atoms with E-state index in [1.807, 2.05) is 0 Å². The van der Waals surface area contributed by atoms with E-state index in [1.165, 1.54) is 89.9 Å². The molecule has 0 radical (unpaired) electrons. The zero-order chi connectivity index (χ0) is 12.6. The largest absolute Gasteiger partial charge is 0.127 e. The molecule has 0 rings (SSSR count). The first-order valence-corrected chi connectivity index (χ1v) is 8.51. The predicted molar refractivity (Wildman–Crippen MR) is 87.8 cm³/mol. The van der Waals surface area contributed by atoms with Gasteiger partial charge in [-0.15, -0.1) is 11.6 Å². The molecule has 0 aromatic carbocycles. The maximum atomic E-state index is 5.64. The lowest BCUT2D eigenvalue weighted by molar-refractivity contribution is 0.538. The summed E-state index contributed by atoms with van der Waals surface area (Å²) < 4.78 is 0. The average molecular weight is 277 g/mol. The van der Waals surface area contributed by atoms with Gasteiger partial charge in [0.2, 0.25) is 0 Å². The minimum atomic E-state index is 0. The van der Waals surface area contributed by atoms with Gasteiger partial charge in [0.05, 0.1) is 0 Å². The molecule has 0 aromatic heterocycles. The van der Waals surface area contributed by atoms with Crippen LogP contribution in [-0.2, 0) is 0 Å². The molecule has 112 valence electrons. The monoisotopic (exact) mass is 276 g/mol. The summed E-state index contributed by atoms with van der Waals surface area (Å²) in [6.07, 6.45) is 19.8. The average Bonchev–Trinajstić information content (AvgIpc) is 2.35. The first kappa shape index (κ1) is 20.6. The summed E-state index contributed by atoms with van der Waals surface area (Å²) in [4.78, 5) is 0. The van der Waals surface area contributed by atoms with Gasteiger partial charge in [-0.2, -0.15) is 0 Å². The Morgan fingerprint density at radius 2 is 0.778 bits per heavy atom. The lowest BCUT2D eigenvalue weighted by Crippen LogP contribution is -1.83. The van der Waals surface area contributed by atoms with Crippen LogP contribution in [0.1, 0.15) is 104 Å². The van der Waals surface area contributed by atoms with E-state index in [-0.39, 0.29) is 7.43 Å². The first-order valence-electron chi connectivity index (χ1n) is 7.97. The standard InChI is InChI=1S/C16H33Cl.CH4/c1-2-3-4-5-6-7-8-9-10-11-12-13-14-15-16-17;/h2-16H2,1H3;1H4. The van der Waals surface area contributed by atoms with Crippen LogP contribution in [0.15, 0.2) is 0 Å². The molecule has 0 aromatic rings. The number of alkyl halides is 1. The molecule has 0 fully saturated rings. The Kier molecular flexibility index (Phi) is 22.5. The van der Waals surface area contributed by atoms with E-state index < -0.39 is 0 Å². The van der Waals surface area contributed by atoms with E-state index in [2.05, 4.69) is 6.92 Å². The van der Waals surface area contributed by atoms with Gasteiger partial charge < -0.3 is 0 Å². The minimum absolute atomic E-state index is 0. The third-order valence-corrected chi connectivity index (χ3v) is 3.75. The van der Waals surface area contributed by atoms with Crippen LogP contribution in [-0.4, -0.2) is 5.88 Å². The summed E-state index contributed by atoms with van der Waals surface area (Å²) >= 11 is 5.64. The van der Waals surface area contributed by atoms with Gasteiger partial charge in [0.25, 0.3) is 0 Å². The van der Waals surface area contributed by atoms with Crippen molar-refractivity contribution in [2.45, 2.75) is 104 Å². The molecule has 0 N–H and O–H groups in total. The molecule has 1 heteroatoms. The number of hydrogen-bond donors (Lipinski definition) is 0. The van der Waals surface area contributed by atoms with Crippen molar-refractivity contribution in [1.82, 2.24) is 0 Å². The summed E-state index contributed by atoms with van der Waals surface area (Å²) in [6.45, 7) is 2.28. The summed E-state index contributed by atoms with van der Waals surface area (Å²) in [6, 6.07) is 0. The first-order chi connectivity index (χ1) is 8.41. The van der Waals surface area contributed by atoms with Crippen molar-refractivity contribution in [3.05, 3.63) is 0 Å². The zero-order valence-electron chi connectivity index (χ0n) is 12.0. The second-order valence-corrected chi connectivity index (χ2v) is 5.66. The number of halogens is 1. The van der Waals surface area contributed by atoms with Gasteiger partial charge in [-0.1, -0.05) is 97.8 Å². The van der Waals surface area contributed by atoms with Gasteiger partial charge in [-0.25, -0.2) is 0 Å². The van der Waals surface area contributed by atoms with Gasteiger partial charge in [0.15, 0.2) is 0 Å². The highest BCUT2D eigenvalue weighted by atomic mass is 35.5. The molecule has 0 aliphatic carbocycles. The van der Waals surface area contributed by atoms with Crippen molar-refractivity contribution in [3.8, 4) is 0 Å². The fourth-order valence-electron chi connectivity index (χ4n) is 2.29. The third-order valence-electron chi connectivity index (χ3n) is 3.49.